The molecule has 0 aliphatic carbocycles. The molecule has 0 saturated heterocycles. The number of carboxylic acids is 1. The lowest BCUT2D eigenvalue weighted by Gasteiger charge is -2.06. The molecule has 0 aliphatic heterocycles. The molecule has 0 aliphatic rings. The third-order valence-corrected chi connectivity index (χ3v) is 4.31. The fraction of sp³-hybridized carbons (Fsp3) is 0.857. The minimum Gasteiger partial charge on any atom is -0.550 e. The zero-order chi connectivity index (χ0) is 20.2. The Bertz CT molecular complexity index is 394. The lowest BCUT2D eigenvalue weighted by Crippen LogP contribution is -2.21. The van der Waals surface area contributed by atoms with E-state index in [1.807, 2.05) is 0 Å². The van der Waals surface area contributed by atoms with Gasteiger partial charge < -0.3 is 19.4 Å². The molecule has 0 radical (unpaired) electrons. The van der Waals surface area contributed by atoms with E-state index in [0.717, 1.165) is 38.5 Å². The molecule has 0 aromatic heterocycles. The first-order valence-corrected chi connectivity index (χ1v) is 10.6. The summed E-state index contributed by atoms with van der Waals surface area (Å²) in [4.78, 5) is 33.4. The summed E-state index contributed by atoms with van der Waals surface area (Å²) in [5, 5.41) is 10.3. The molecule has 158 valence electrons. The third-order valence-electron chi connectivity index (χ3n) is 4.31. The molecule has 0 amide bonds. The molecule has 0 bridgehead atoms. The summed E-state index contributed by atoms with van der Waals surface area (Å²) >= 11 is 0. The second-order valence-electron chi connectivity index (χ2n) is 6.95. The van der Waals surface area contributed by atoms with E-state index in [-0.39, 0.29) is 18.4 Å². The molecule has 0 aromatic carbocycles. The van der Waals surface area contributed by atoms with Gasteiger partial charge >= 0.3 is 11.9 Å². The molecular weight excluding hydrogens is 348 g/mol. The maximum Gasteiger partial charge on any atom is 0.305 e. The molecule has 27 heavy (non-hydrogen) atoms. The van der Waals surface area contributed by atoms with Crippen molar-refractivity contribution in [3.05, 3.63) is 0 Å². The van der Waals surface area contributed by atoms with Crippen LogP contribution in [0.4, 0.5) is 0 Å². The highest BCUT2D eigenvalue weighted by Crippen LogP contribution is 2.07. The summed E-state index contributed by atoms with van der Waals surface area (Å²) in [7, 11) is 0. The lowest BCUT2D eigenvalue weighted by molar-refractivity contribution is -0.305. The van der Waals surface area contributed by atoms with Crippen molar-refractivity contribution >= 4 is 17.9 Å². The van der Waals surface area contributed by atoms with Crippen LogP contribution < -0.4 is 5.11 Å². The molecule has 0 heterocycles. The first kappa shape index (κ1) is 25.4. The van der Waals surface area contributed by atoms with Gasteiger partial charge in [0, 0.05) is 18.8 Å². The van der Waals surface area contributed by atoms with Crippen LogP contribution in [0.1, 0.15) is 103 Å². The van der Waals surface area contributed by atoms with E-state index in [1.165, 1.54) is 19.3 Å². The standard InChI is InChI=1S/C21H38O6/c1-2-3-4-6-10-15-20(24)27-18-13-11-16-21(25)26-17-12-8-5-7-9-14-19(22)23/h2-18H2,1H3,(H,22,23)/p-1. The van der Waals surface area contributed by atoms with Gasteiger partial charge in [0.1, 0.15) is 0 Å². The van der Waals surface area contributed by atoms with E-state index >= 15 is 0 Å². The van der Waals surface area contributed by atoms with Gasteiger partial charge in [0.25, 0.3) is 0 Å². The molecule has 6 nitrogen and oxygen atoms in total. The minimum atomic E-state index is -0.999. The number of aliphatic carboxylic acids is 1. The van der Waals surface area contributed by atoms with Crippen molar-refractivity contribution in [2.24, 2.45) is 0 Å². The Kier molecular flexibility index (Phi) is 18.0. The van der Waals surface area contributed by atoms with Crippen molar-refractivity contribution in [1.29, 1.82) is 0 Å². The number of carbonyl (C=O) groups is 3. The van der Waals surface area contributed by atoms with Crippen LogP contribution >= 0.6 is 0 Å². The minimum absolute atomic E-state index is 0.114. The molecule has 0 fully saturated rings. The Morgan fingerprint density at radius 1 is 0.593 bits per heavy atom. The molecule has 0 atom stereocenters. The average Bonchev–Trinajstić information content (AvgIpc) is 2.63. The normalized spacial score (nSPS) is 10.6. The molecular formula is C21H37O6-. The number of unbranched alkanes of at least 4 members (excludes halogenated alkanes) is 9. The van der Waals surface area contributed by atoms with Gasteiger partial charge in [-0.05, 0) is 38.5 Å². The van der Waals surface area contributed by atoms with E-state index in [1.54, 1.807) is 0 Å². The predicted octanol–water partition coefficient (Wildman–Crippen LogP) is 3.69. The molecule has 0 saturated carbocycles. The smallest absolute Gasteiger partial charge is 0.305 e. The Balaban J connectivity index is 3.31. The Morgan fingerprint density at radius 3 is 1.56 bits per heavy atom. The van der Waals surface area contributed by atoms with Crippen LogP contribution in [0.3, 0.4) is 0 Å². The van der Waals surface area contributed by atoms with E-state index in [4.69, 9.17) is 9.47 Å². The number of hydrogen-bond donors (Lipinski definition) is 0. The van der Waals surface area contributed by atoms with Gasteiger partial charge in [0.15, 0.2) is 0 Å². The second-order valence-corrected chi connectivity index (χ2v) is 6.95. The summed E-state index contributed by atoms with van der Waals surface area (Å²) in [6.45, 7) is 2.94. The molecule has 0 unspecified atom stereocenters. The maximum absolute atomic E-state index is 11.6. The van der Waals surface area contributed by atoms with Gasteiger partial charge in [-0.2, -0.15) is 0 Å². The van der Waals surface area contributed by atoms with Crippen molar-refractivity contribution < 1.29 is 29.0 Å². The monoisotopic (exact) mass is 385 g/mol. The van der Waals surface area contributed by atoms with Gasteiger partial charge in [-0.25, -0.2) is 0 Å². The van der Waals surface area contributed by atoms with Gasteiger partial charge in [-0.1, -0.05) is 51.9 Å². The molecule has 0 spiro atoms. The van der Waals surface area contributed by atoms with Crippen LogP contribution in [0.25, 0.3) is 0 Å². The quantitative estimate of drug-likeness (QED) is 0.249. The Morgan fingerprint density at radius 2 is 1.00 bits per heavy atom. The predicted molar refractivity (Wildman–Crippen MR) is 102 cm³/mol. The molecule has 6 heteroatoms. The first-order chi connectivity index (χ1) is 13.1. The van der Waals surface area contributed by atoms with E-state index < -0.39 is 5.97 Å². The van der Waals surface area contributed by atoms with E-state index in [2.05, 4.69) is 6.92 Å². The fourth-order valence-corrected chi connectivity index (χ4v) is 2.66. The van der Waals surface area contributed by atoms with Crippen LogP contribution in [-0.4, -0.2) is 31.1 Å². The van der Waals surface area contributed by atoms with E-state index in [9.17, 15) is 19.5 Å². The SMILES string of the molecule is CCCCCCCC(=O)OCCCCC(=O)OCCCCCCCC(=O)[O-]. The Labute approximate surface area is 164 Å². The summed E-state index contributed by atoms with van der Waals surface area (Å²) < 4.78 is 10.3. The highest BCUT2D eigenvalue weighted by atomic mass is 16.5. The van der Waals surface area contributed by atoms with Crippen molar-refractivity contribution in [2.75, 3.05) is 13.2 Å². The number of hydrogen-bond acceptors (Lipinski definition) is 6. The van der Waals surface area contributed by atoms with Gasteiger partial charge in [-0.15, -0.1) is 0 Å². The van der Waals surface area contributed by atoms with Crippen LogP contribution in [0.15, 0.2) is 0 Å². The number of rotatable bonds is 19. The Hall–Kier alpha value is -1.59. The second kappa shape index (κ2) is 19.2. The summed E-state index contributed by atoms with van der Waals surface area (Å²) in [5.41, 5.74) is 0. The van der Waals surface area contributed by atoms with Gasteiger partial charge in [0.05, 0.1) is 13.2 Å². The molecule has 0 rings (SSSR count). The van der Waals surface area contributed by atoms with Crippen molar-refractivity contribution in [3.63, 3.8) is 0 Å². The van der Waals surface area contributed by atoms with Crippen LogP contribution in [0.5, 0.6) is 0 Å². The van der Waals surface area contributed by atoms with Crippen molar-refractivity contribution in [2.45, 2.75) is 103 Å². The highest BCUT2D eigenvalue weighted by Gasteiger charge is 2.05. The van der Waals surface area contributed by atoms with Crippen molar-refractivity contribution in [3.8, 4) is 0 Å². The van der Waals surface area contributed by atoms with Gasteiger partial charge in [-0.3, -0.25) is 9.59 Å². The number of esters is 2. The lowest BCUT2D eigenvalue weighted by atomic mass is 10.1. The van der Waals surface area contributed by atoms with Crippen LogP contribution in [0, 0.1) is 0 Å². The van der Waals surface area contributed by atoms with Crippen molar-refractivity contribution in [1.82, 2.24) is 0 Å². The number of carbonyl (C=O) groups excluding carboxylic acids is 3. The maximum atomic E-state index is 11.6. The largest absolute Gasteiger partial charge is 0.550 e. The van der Waals surface area contributed by atoms with E-state index in [0.29, 0.717) is 45.3 Å². The average molecular weight is 386 g/mol. The zero-order valence-electron chi connectivity index (χ0n) is 17.0. The number of ether oxygens (including phenoxy) is 2. The third kappa shape index (κ3) is 20.6. The van der Waals surface area contributed by atoms with Crippen LogP contribution in [0.2, 0.25) is 0 Å². The first-order valence-electron chi connectivity index (χ1n) is 10.6. The number of carboxylic acid groups (broad SMARTS) is 1. The topological polar surface area (TPSA) is 92.7 Å². The summed E-state index contributed by atoms with van der Waals surface area (Å²) in [6.07, 6.45) is 12.0. The molecule has 0 aromatic rings. The van der Waals surface area contributed by atoms with Crippen LogP contribution in [-0.2, 0) is 23.9 Å². The summed E-state index contributed by atoms with van der Waals surface area (Å²) in [6, 6.07) is 0. The molecule has 0 N–H and O–H groups in total. The zero-order valence-corrected chi connectivity index (χ0v) is 17.0. The highest BCUT2D eigenvalue weighted by molar-refractivity contribution is 5.69. The van der Waals surface area contributed by atoms with Gasteiger partial charge in [0.2, 0.25) is 0 Å². The summed E-state index contributed by atoms with van der Waals surface area (Å²) in [5.74, 6) is -1.36. The fourth-order valence-electron chi connectivity index (χ4n) is 2.66.